The first-order chi connectivity index (χ1) is 12.6. The minimum atomic E-state index is -0.710. The van der Waals surface area contributed by atoms with E-state index in [1.54, 1.807) is 0 Å². The molecule has 0 unspecified atom stereocenters. The van der Waals surface area contributed by atoms with Crippen LogP contribution in [0.1, 0.15) is 44.9 Å². The molecule has 0 saturated heterocycles. The maximum Gasteiger partial charge on any atom is 0.321 e. The smallest absolute Gasteiger partial charge is 0.321 e. The molecule has 0 spiro atoms. The van der Waals surface area contributed by atoms with Crippen molar-refractivity contribution in [3.8, 4) is 0 Å². The molecule has 1 aliphatic rings. The molecule has 3 N–H and O–H groups in total. The van der Waals surface area contributed by atoms with Crippen LogP contribution in [-0.4, -0.2) is 34.9 Å². The van der Waals surface area contributed by atoms with Gasteiger partial charge in [-0.3, -0.25) is 9.69 Å². The van der Waals surface area contributed by atoms with Crippen LogP contribution in [-0.2, 0) is 4.79 Å². The van der Waals surface area contributed by atoms with Crippen LogP contribution in [0.15, 0.2) is 28.7 Å². The predicted molar refractivity (Wildman–Crippen MR) is 99.6 cm³/mol. The number of urea groups is 1. The number of oxazole rings is 1. The van der Waals surface area contributed by atoms with Crippen LogP contribution < -0.4 is 11.1 Å². The highest BCUT2D eigenvalue weighted by molar-refractivity contribution is 5.93. The average molecular weight is 358 g/mol. The zero-order valence-corrected chi connectivity index (χ0v) is 14.9. The second kappa shape index (κ2) is 8.69. The van der Waals surface area contributed by atoms with Gasteiger partial charge in [0.2, 0.25) is 5.91 Å². The van der Waals surface area contributed by atoms with Gasteiger partial charge in [-0.25, -0.2) is 4.79 Å². The highest BCUT2D eigenvalue weighted by Gasteiger charge is 2.21. The van der Waals surface area contributed by atoms with E-state index in [1.165, 1.54) is 32.1 Å². The van der Waals surface area contributed by atoms with E-state index in [9.17, 15) is 9.59 Å². The van der Waals surface area contributed by atoms with Gasteiger partial charge in [0.05, 0.1) is 0 Å². The molecule has 1 aromatic heterocycles. The molecule has 1 heterocycles. The molecule has 7 heteroatoms. The number of carbonyl (C=O) groups excluding carboxylic acids is 2. The number of para-hydroxylation sites is 2. The molecule has 1 aliphatic carbocycles. The summed E-state index contributed by atoms with van der Waals surface area (Å²) in [6.45, 7) is 0.530. The number of nitrogens with one attached hydrogen (secondary N) is 1. The number of nitrogens with two attached hydrogens (primary N) is 1. The number of carbonyl (C=O) groups is 2. The van der Waals surface area contributed by atoms with E-state index in [2.05, 4.69) is 10.3 Å². The summed E-state index contributed by atoms with van der Waals surface area (Å²) in [5, 5.41) is 3.00. The van der Waals surface area contributed by atoms with E-state index >= 15 is 0 Å². The normalized spacial score (nSPS) is 15.1. The molecule has 140 valence electrons. The average Bonchev–Trinajstić information content (AvgIpc) is 3.06. The second-order valence-electron chi connectivity index (χ2n) is 6.84. The van der Waals surface area contributed by atoms with Crippen molar-refractivity contribution in [3.63, 3.8) is 0 Å². The fraction of sp³-hybridized carbons (Fsp3) is 0.526. The van der Waals surface area contributed by atoms with E-state index in [-0.39, 0.29) is 12.5 Å². The fourth-order valence-electron chi connectivity index (χ4n) is 3.52. The van der Waals surface area contributed by atoms with Crippen LogP contribution in [0.5, 0.6) is 0 Å². The first-order valence-electron chi connectivity index (χ1n) is 9.33. The van der Waals surface area contributed by atoms with E-state index in [0.717, 1.165) is 16.8 Å². The Morgan fingerprint density at radius 1 is 1.23 bits per heavy atom. The molecule has 0 aliphatic heterocycles. The summed E-state index contributed by atoms with van der Waals surface area (Å²) < 4.78 is 5.56. The predicted octanol–water partition coefficient (Wildman–Crippen LogP) is 3.51. The first kappa shape index (κ1) is 18.2. The van der Waals surface area contributed by atoms with Crippen molar-refractivity contribution in [1.82, 2.24) is 9.88 Å². The lowest BCUT2D eigenvalue weighted by molar-refractivity contribution is -0.128. The number of imide groups is 1. The molecular weight excluding hydrogens is 332 g/mol. The lowest BCUT2D eigenvalue weighted by atomic mass is 9.86. The topological polar surface area (TPSA) is 101 Å². The SMILES string of the molecule is NC(=O)N(CCNc1nc2ccccc2o1)C(=O)CCC1CCCCC1. The van der Waals surface area contributed by atoms with Gasteiger partial charge in [0.15, 0.2) is 5.58 Å². The molecule has 7 nitrogen and oxygen atoms in total. The molecular formula is C19H26N4O3. The van der Waals surface area contributed by atoms with Gasteiger partial charge in [0.25, 0.3) is 6.01 Å². The maximum absolute atomic E-state index is 12.4. The third-order valence-electron chi connectivity index (χ3n) is 4.96. The number of nitrogens with zero attached hydrogens (tertiary/aromatic N) is 2. The summed E-state index contributed by atoms with van der Waals surface area (Å²) in [7, 11) is 0. The molecule has 0 atom stereocenters. The molecule has 1 aromatic carbocycles. The van der Waals surface area contributed by atoms with Gasteiger partial charge >= 0.3 is 6.03 Å². The van der Waals surface area contributed by atoms with Crippen molar-refractivity contribution in [2.24, 2.45) is 11.7 Å². The Balaban J connectivity index is 1.47. The summed E-state index contributed by atoms with van der Waals surface area (Å²) in [5.74, 6) is 0.391. The number of hydrogen-bond acceptors (Lipinski definition) is 5. The van der Waals surface area contributed by atoms with Crippen LogP contribution >= 0.6 is 0 Å². The van der Waals surface area contributed by atoms with Gasteiger partial charge in [0, 0.05) is 19.5 Å². The monoisotopic (exact) mass is 358 g/mol. The van der Waals surface area contributed by atoms with Crippen molar-refractivity contribution in [2.75, 3.05) is 18.4 Å². The largest absolute Gasteiger partial charge is 0.424 e. The lowest BCUT2D eigenvalue weighted by Gasteiger charge is -2.23. The molecule has 0 radical (unpaired) electrons. The third-order valence-corrected chi connectivity index (χ3v) is 4.96. The number of aromatic nitrogens is 1. The Hall–Kier alpha value is -2.57. The minimum Gasteiger partial charge on any atom is -0.424 e. The Labute approximate surface area is 152 Å². The van der Waals surface area contributed by atoms with Crippen molar-refractivity contribution in [3.05, 3.63) is 24.3 Å². The molecule has 3 amide bonds. The standard InChI is InChI=1S/C19H26N4O3/c20-18(25)23(17(24)11-10-14-6-2-1-3-7-14)13-12-21-19-22-15-8-4-5-9-16(15)26-19/h4-5,8-9,14H,1-3,6-7,10-13H2,(H2,20,25)(H,21,22). The zero-order chi connectivity index (χ0) is 18.4. The summed E-state index contributed by atoms with van der Waals surface area (Å²) in [4.78, 5) is 29.4. The number of fused-ring (bicyclic) bond motifs is 1. The fourth-order valence-corrected chi connectivity index (χ4v) is 3.52. The van der Waals surface area contributed by atoms with E-state index < -0.39 is 6.03 Å². The van der Waals surface area contributed by atoms with Gasteiger partial charge in [-0.2, -0.15) is 4.98 Å². The third kappa shape index (κ3) is 4.74. The van der Waals surface area contributed by atoms with E-state index in [4.69, 9.17) is 10.2 Å². The number of primary amides is 1. The van der Waals surface area contributed by atoms with Crippen molar-refractivity contribution in [1.29, 1.82) is 0 Å². The quantitative estimate of drug-likeness (QED) is 0.788. The van der Waals surface area contributed by atoms with Crippen molar-refractivity contribution < 1.29 is 14.0 Å². The van der Waals surface area contributed by atoms with Crippen LogP contribution in [0.2, 0.25) is 0 Å². The Morgan fingerprint density at radius 3 is 2.73 bits per heavy atom. The number of rotatable bonds is 7. The van der Waals surface area contributed by atoms with Crippen LogP contribution in [0.4, 0.5) is 10.8 Å². The Kier molecular flexibility index (Phi) is 6.09. The Bertz CT molecular complexity index is 719. The lowest BCUT2D eigenvalue weighted by Crippen LogP contribution is -2.43. The van der Waals surface area contributed by atoms with E-state index in [0.29, 0.717) is 30.5 Å². The minimum absolute atomic E-state index is 0.192. The van der Waals surface area contributed by atoms with Gasteiger partial charge < -0.3 is 15.5 Å². The van der Waals surface area contributed by atoms with Crippen molar-refractivity contribution >= 4 is 29.1 Å². The summed E-state index contributed by atoms with van der Waals surface area (Å²) in [5.41, 5.74) is 6.83. The van der Waals surface area contributed by atoms with Crippen LogP contribution in [0.3, 0.4) is 0 Å². The van der Waals surface area contributed by atoms with Gasteiger partial charge in [-0.05, 0) is 24.5 Å². The molecule has 3 rings (SSSR count). The highest BCUT2D eigenvalue weighted by Crippen LogP contribution is 2.27. The first-order valence-corrected chi connectivity index (χ1v) is 9.33. The summed E-state index contributed by atoms with van der Waals surface area (Å²) in [6, 6.07) is 7.10. The molecule has 0 bridgehead atoms. The van der Waals surface area contributed by atoms with Crippen molar-refractivity contribution in [2.45, 2.75) is 44.9 Å². The summed E-state index contributed by atoms with van der Waals surface area (Å²) >= 11 is 0. The number of benzene rings is 1. The van der Waals surface area contributed by atoms with Gasteiger partial charge in [0.1, 0.15) is 5.52 Å². The molecule has 26 heavy (non-hydrogen) atoms. The number of amides is 3. The maximum atomic E-state index is 12.4. The van der Waals surface area contributed by atoms with Crippen LogP contribution in [0.25, 0.3) is 11.1 Å². The van der Waals surface area contributed by atoms with Gasteiger partial charge in [-0.15, -0.1) is 0 Å². The van der Waals surface area contributed by atoms with E-state index in [1.807, 2.05) is 24.3 Å². The van der Waals surface area contributed by atoms with Crippen LogP contribution in [0, 0.1) is 5.92 Å². The number of anilines is 1. The van der Waals surface area contributed by atoms with Gasteiger partial charge in [-0.1, -0.05) is 44.2 Å². The number of hydrogen-bond donors (Lipinski definition) is 2. The highest BCUT2D eigenvalue weighted by atomic mass is 16.4. The summed E-state index contributed by atoms with van der Waals surface area (Å²) in [6.07, 6.45) is 7.35. The molecule has 1 fully saturated rings. The zero-order valence-electron chi connectivity index (χ0n) is 14.9. The molecule has 2 aromatic rings. The Morgan fingerprint density at radius 2 is 2.00 bits per heavy atom. The molecule has 1 saturated carbocycles. The second-order valence-corrected chi connectivity index (χ2v) is 6.84.